The monoisotopic (exact) mass is 788 g/mol. The molecule has 1 aromatic heterocycles. The molecule has 304 valence electrons. The van der Waals surface area contributed by atoms with E-state index in [9.17, 15) is 76.3 Å². The Morgan fingerprint density at radius 1 is 0.545 bits per heavy atom. The van der Waals surface area contributed by atoms with E-state index in [1.54, 1.807) is 0 Å². The summed E-state index contributed by atoms with van der Waals surface area (Å²) in [5, 5.41) is 143. The van der Waals surface area contributed by atoms with Crippen molar-refractivity contribution in [3.63, 3.8) is 0 Å². The summed E-state index contributed by atoms with van der Waals surface area (Å²) < 4.78 is 38.8. The first-order chi connectivity index (χ1) is 26.1. The summed E-state index contributed by atoms with van der Waals surface area (Å²) in [6.45, 7) is -2.39. The van der Waals surface area contributed by atoms with E-state index in [0.717, 1.165) is 24.3 Å². The maximum Gasteiger partial charge on any atom is 0.238 e. The lowest BCUT2D eigenvalue weighted by Gasteiger charge is -2.40. The Hall–Kier alpha value is -3.95. The molecule has 3 aromatic rings. The molecular formula is C33H40O22. The molecule has 3 aliphatic heterocycles. The van der Waals surface area contributed by atoms with Gasteiger partial charge in [-0.1, -0.05) is 0 Å². The minimum absolute atomic E-state index is 0.160. The Balaban J connectivity index is 1.39. The number of rotatable bonds is 10. The molecule has 2 aromatic carbocycles. The van der Waals surface area contributed by atoms with Crippen molar-refractivity contribution in [3.8, 4) is 40.1 Å². The van der Waals surface area contributed by atoms with Crippen LogP contribution in [0.25, 0.3) is 22.3 Å². The molecule has 0 unspecified atom stereocenters. The molecule has 6 rings (SSSR count). The largest absolute Gasteiger partial charge is 0.504 e. The normalized spacial score (nSPS) is 36.8. The summed E-state index contributed by atoms with van der Waals surface area (Å²) >= 11 is 0. The number of aliphatic hydroxyl groups excluding tert-OH is 12. The van der Waals surface area contributed by atoms with Crippen LogP contribution < -0.4 is 19.6 Å². The van der Waals surface area contributed by atoms with Gasteiger partial charge in [0.15, 0.2) is 17.3 Å². The Labute approximate surface area is 307 Å². The van der Waals surface area contributed by atoms with Gasteiger partial charge in [0.25, 0.3) is 0 Å². The van der Waals surface area contributed by atoms with E-state index in [-0.39, 0.29) is 17.1 Å². The van der Waals surface area contributed by atoms with Crippen molar-refractivity contribution in [1.82, 2.24) is 0 Å². The molecule has 4 heterocycles. The summed E-state index contributed by atoms with van der Waals surface area (Å²) in [5.74, 6) is -3.60. The number of hydrogen-bond acceptors (Lipinski definition) is 22. The second kappa shape index (κ2) is 16.3. The van der Waals surface area contributed by atoms with Gasteiger partial charge >= 0.3 is 0 Å². The molecule has 0 saturated carbocycles. The zero-order chi connectivity index (χ0) is 40.0. The number of phenolic OH excluding ortho intramolecular Hbond substituents is 1. The molecular weight excluding hydrogens is 748 g/mol. The highest BCUT2D eigenvalue weighted by Crippen LogP contribution is 2.41. The van der Waals surface area contributed by atoms with Crippen molar-refractivity contribution < 1.29 is 104 Å². The van der Waals surface area contributed by atoms with Gasteiger partial charge in [0, 0.05) is 17.7 Å². The van der Waals surface area contributed by atoms with Crippen LogP contribution in [0.2, 0.25) is 0 Å². The predicted octanol–water partition coefficient (Wildman–Crippen LogP) is -5.59. The van der Waals surface area contributed by atoms with Crippen molar-refractivity contribution >= 4 is 11.0 Å². The van der Waals surface area contributed by atoms with Crippen molar-refractivity contribution in [2.75, 3.05) is 19.8 Å². The first kappa shape index (κ1) is 40.7. The van der Waals surface area contributed by atoms with Crippen LogP contribution >= 0.6 is 0 Å². The summed E-state index contributed by atoms with van der Waals surface area (Å²) in [4.78, 5) is 13.8. The van der Waals surface area contributed by atoms with Gasteiger partial charge in [-0.05, 0) is 18.2 Å². The topological polar surface area (TPSA) is 369 Å². The third kappa shape index (κ3) is 7.63. The van der Waals surface area contributed by atoms with E-state index in [1.165, 1.54) is 6.07 Å². The van der Waals surface area contributed by atoms with E-state index in [4.69, 9.17) is 32.8 Å². The molecule has 14 N–H and O–H groups in total. The number of hydrogen-bond donors (Lipinski definition) is 14. The van der Waals surface area contributed by atoms with Crippen LogP contribution in [0.5, 0.6) is 28.7 Å². The summed E-state index contributed by atoms with van der Waals surface area (Å²) in [7, 11) is 0. The Kier molecular flexibility index (Phi) is 12.0. The van der Waals surface area contributed by atoms with Crippen LogP contribution in [-0.4, -0.2) is 183 Å². The zero-order valence-electron chi connectivity index (χ0n) is 28.2. The summed E-state index contributed by atoms with van der Waals surface area (Å²) in [6, 6.07) is 5.25. The zero-order valence-corrected chi connectivity index (χ0v) is 28.2. The molecule has 22 nitrogen and oxygen atoms in total. The second-order valence-corrected chi connectivity index (χ2v) is 13.0. The average Bonchev–Trinajstić information content (AvgIpc) is 3.17. The van der Waals surface area contributed by atoms with Crippen molar-refractivity contribution in [3.05, 3.63) is 40.6 Å². The SMILES string of the molecule is O=c1c(O)c(-c2ccc(O[C@H]3O[C@H](CO)[C@H](O)[C@H](O)[C@H]3O)c(O)c2)oc2cc(O[C@H]3O[C@@H](CO)[C@H](O)[C@@H](O)[C@@H]3O)cc(O[C@H]3O[C@@H](CO)[C@H](O)[C@@H](O)[C@@H]3O)c12. The highest BCUT2D eigenvalue weighted by molar-refractivity contribution is 5.88. The fraction of sp³-hybridized carbons (Fsp3) is 0.545. The highest BCUT2D eigenvalue weighted by atomic mass is 16.7. The molecule has 0 amide bonds. The van der Waals surface area contributed by atoms with Gasteiger partial charge in [0.05, 0.1) is 19.8 Å². The van der Waals surface area contributed by atoms with Gasteiger partial charge in [-0.3, -0.25) is 4.79 Å². The minimum atomic E-state index is -1.98. The van der Waals surface area contributed by atoms with Crippen molar-refractivity contribution in [2.24, 2.45) is 0 Å². The molecule has 0 spiro atoms. The Bertz CT molecular complexity index is 1870. The van der Waals surface area contributed by atoms with Crippen molar-refractivity contribution in [1.29, 1.82) is 0 Å². The second-order valence-electron chi connectivity index (χ2n) is 13.0. The predicted molar refractivity (Wildman–Crippen MR) is 174 cm³/mol. The molecule has 0 radical (unpaired) electrons. The summed E-state index contributed by atoms with van der Waals surface area (Å²) in [6.07, 6.45) is -25.9. The van der Waals surface area contributed by atoms with Crippen LogP contribution in [0.4, 0.5) is 0 Å². The lowest BCUT2D eigenvalue weighted by molar-refractivity contribution is -0.278. The third-order valence-corrected chi connectivity index (χ3v) is 9.41. The van der Waals surface area contributed by atoms with Crippen LogP contribution in [0.1, 0.15) is 0 Å². The lowest BCUT2D eigenvalue weighted by Crippen LogP contribution is -2.60. The minimum Gasteiger partial charge on any atom is -0.504 e. The molecule has 22 heteroatoms. The third-order valence-electron chi connectivity index (χ3n) is 9.41. The quantitative estimate of drug-likeness (QED) is 0.0910. The standard InChI is InChI=1S/C33H40O22/c34-6-15-19(38)23(42)27(46)31(53-15)49-10-4-13-18(14(5-10)52-33-29(48)25(44)21(40)17(8-36)55-33)22(41)26(45)30(50-13)9-1-2-12(11(37)3-9)51-32-28(47)24(43)20(39)16(7-35)54-32/h1-5,15-17,19-21,23-25,27-29,31-40,42-48H,6-8H2/t15-,16+,17-,19-,20-,21-,23+,24-,25+,27-,28+,29-,31-,32-,33-/m0/s1. The number of aliphatic hydroxyl groups is 12. The molecule has 3 saturated heterocycles. The van der Waals surface area contributed by atoms with Crippen LogP contribution in [-0.2, 0) is 14.2 Å². The summed E-state index contributed by atoms with van der Waals surface area (Å²) in [5.41, 5.74) is -1.79. The number of aromatic hydroxyl groups is 2. The van der Waals surface area contributed by atoms with E-state index < -0.39 is 151 Å². The Morgan fingerprint density at radius 2 is 1.00 bits per heavy atom. The maximum absolute atomic E-state index is 13.8. The fourth-order valence-electron chi connectivity index (χ4n) is 6.24. The number of fused-ring (bicyclic) bond motifs is 1. The van der Waals surface area contributed by atoms with Crippen molar-refractivity contribution in [2.45, 2.75) is 92.1 Å². The van der Waals surface area contributed by atoms with Crippen LogP contribution in [0, 0.1) is 0 Å². The number of ether oxygens (including phenoxy) is 6. The molecule has 0 aliphatic carbocycles. The molecule has 0 bridgehead atoms. The molecule has 55 heavy (non-hydrogen) atoms. The van der Waals surface area contributed by atoms with Gasteiger partial charge in [-0.2, -0.15) is 0 Å². The lowest BCUT2D eigenvalue weighted by atomic mass is 9.99. The van der Waals surface area contributed by atoms with E-state index in [1.807, 2.05) is 0 Å². The number of phenols is 1. The number of benzene rings is 2. The smallest absolute Gasteiger partial charge is 0.238 e. The first-order valence-corrected chi connectivity index (χ1v) is 16.7. The van der Waals surface area contributed by atoms with Crippen LogP contribution in [0.3, 0.4) is 0 Å². The molecule has 3 fully saturated rings. The average molecular weight is 789 g/mol. The molecule has 15 atom stereocenters. The van der Waals surface area contributed by atoms with E-state index in [2.05, 4.69) is 0 Å². The van der Waals surface area contributed by atoms with Gasteiger partial charge in [-0.15, -0.1) is 0 Å². The van der Waals surface area contributed by atoms with Gasteiger partial charge < -0.3 is 104 Å². The van der Waals surface area contributed by atoms with Crippen LogP contribution in [0.15, 0.2) is 39.5 Å². The molecule has 3 aliphatic rings. The Morgan fingerprint density at radius 3 is 1.45 bits per heavy atom. The van der Waals surface area contributed by atoms with Gasteiger partial charge in [0.1, 0.15) is 95.7 Å². The fourth-order valence-corrected chi connectivity index (χ4v) is 6.24. The van der Waals surface area contributed by atoms with Gasteiger partial charge in [0.2, 0.25) is 30.0 Å². The van der Waals surface area contributed by atoms with Gasteiger partial charge in [-0.25, -0.2) is 0 Å². The highest BCUT2D eigenvalue weighted by Gasteiger charge is 2.47. The first-order valence-electron chi connectivity index (χ1n) is 16.7. The van der Waals surface area contributed by atoms with E-state index in [0.29, 0.717) is 0 Å². The van der Waals surface area contributed by atoms with E-state index >= 15 is 0 Å². The maximum atomic E-state index is 13.8.